The van der Waals surface area contributed by atoms with Crippen molar-refractivity contribution < 1.29 is 19.4 Å². The van der Waals surface area contributed by atoms with E-state index in [0.717, 1.165) is 10.9 Å². The van der Waals surface area contributed by atoms with Crippen molar-refractivity contribution in [2.24, 2.45) is 7.05 Å². The van der Waals surface area contributed by atoms with Crippen LogP contribution in [0.2, 0.25) is 0 Å². The molecular weight excluding hydrogens is 248 g/mol. The number of aliphatic carboxylic acids is 1. The van der Waals surface area contributed by atoms with Gasteiger partial charge in [-0.15, -0.1) is 0 Å². The second kappa shape index (κ2) is 5.01. The van der Waals surface area contributed by atoms with E-state index in [4.69, 9.17) is 9.84 Å². The topological polar surface area (TPSA) is 80.6 Å². The number of ether oxygens (including phenoxy) is 1. The van der Waals surface area contributed by atoms with Gasteiger partial charge in [-0.05, 0) is 18.2 Å². The number of methoxy groups -OCH3 is 1. The highest BCUT2D eigenvalue weighted by Crippen LogP contribution is 2.27. The molecule has 0 saturated heterocycles. The average Bonchev–Trinajstić information content (AvgIpc) is 2.73. The summed E-state index contributed by atoms with van der Waals surface area (Å²) < 4.78 is 6.94. The van der Waals surface area contributed by atoms with E-state index >= 15 is 0 Å². The van der Waals surface area contributed by atoms with Crippen LogP contribution in [0.3, 0.4) is 0 Å². The Bertz CT molecular complexity index is 645. The minimum Gasteiger partial charge on any atom is -0.496 e. The Morgan fingerprint density at radius 1 is 1.42 bits per heavy atom. The number of hydrogen-bond acceptors (Lipinski definition) is 3. The quantitative estimate of drug-likeness (QED) is 0.861. The van der Waals surface area contributed by atoms with Crippen LogP contribution in [0, 0.1) is 0 Å². The van der Waals surface area contributed by atoms with Gasteiger partial charge in [0.1, 0.15) is 18.0 Å². The van der Waals surface area contributed by atoms with Crippen molar-refractivity contribution in [2.45, 2.75) is 0 Å². The zero-order valence-electron chi connectivity index (χ0n) is 10.6. The second-order valence-corrected chi connectivity index (χ2v) is 4.06. The number of nitrogens with zero attached hydrogens (tertiary/aromatic N) is 1. The molecule has 0 aliphatic heterocycles. The van der Waals surface area contributed by atoms with Crippen molar-refractivity contribution in [3.63, 3.8) is 0 Å². The molecule has 2 aromatic rings. The summed E-state index contributed by atoms with van der Waals surface area (Å²) in [5, 5.41) is 11.7. The van der Waals surface area contributed by atoms with E-state index in [-0.39, 0.29) is 0 Å². The molecule has 0 radical (unpaired) electrons. The number of carboxylic acid groups (broad SMARTS) is 1. The van der Waals surface area contributed by atoms with Crippen LogP contribution in [0.25, 0.3) is 10.9 Å². The molecule has 0 spiro atoms. The molecule has 0 unspecified atom stereocenters. The molecule has 0 bridgehead atoms. The second-order valence-electron chi connectivity index (χ2n) is 4.06. The van der Waals surface area contributed by atoms with E-state index in [1.54, 1.807) is 30.9 Å². The lowest BCUT2D eigenvalue weighted by atomic mass is 10.2. The van der Waals surface area contributed by atoms with Gasteiger partial charge in [0.2, 0.25) is 0 Å². The molecule has 2 rings (SSSR count). The maximum absolute atomic E-state index is 11.9. The highest BCUT2D eigenvalue weighted by atomic mass is 16.5. The molecule has 1 amide bonds. The largest absolute Gasteiger partial charge is 0.496 e. The Kier molecular flexibility index (Phi) is 3.41. The summed E-state index contributed by atoms with van der Waals surface area (Å²) in [6.45, 7) is -0.405. The predicted octanol–water partition coefficient (Wildman–Crippen LogP) is 1.00. The van der Waals surface area contributed by atoms with E-state index in [2.05, 4.69) is 5.32 Å². The fourth-order valence-electron chi connectivity index (χ4n) is 1.98. The van der Waals surface area contributed by atoms with Crippen LogP contribution in [0.1, 0.15) is 10.5 Å². The third-order valence-corrected chi connectivity index (χ3v) is 2.90. The Hall–Kier alpha value is -2.50. The first kappa shape index (κ1) is 12.9. The van der Waals surface area contributed by atoms with Crippen LogP contribution in [0.5, 0.6) is 5.75 Å². The maximum Gasteiger partial charge on any atom is 0.322 e. The van der Waals surface area contributed by atoms with Crippen LogP contribution in [-0.4, -0.2) is 35.2 Å². The van der Waals surface area contributed by atoms with Crippen molar-refractivity contribution in [1.82, 2.24) is 9.88 Å². The lowest BCUT2D eigenvalue weighted by Crippen LogP contribution is -2.30. The molecule has 6 heteroatoms. The summed E-state index contributed by atoms with van der Waals surface area (Å²) in [6.07, 6.45) is 0. The van der Waals surface area contributed by atoms with Crippen LogP contribution < -0.4 is 10.1 Å². The normalized spacial score (nSPS) is 10.4. The summed E-state index contributed by atoms with van der Waals surface area (Å²) >= 11 is 0. The molecule has 19 heavy (non-hydrogen) atoms. The number of carboxylic acids is 1. The van der Waals surface area contributed by atoms with E-state index < -0.39 is 18.4 Å². The Morgan fingerprint density at radius 3 is 2.79 bits per heavy atom. The van der Waals surface area contributed by atoms with Crippen LogP contribution >= 0.6 is 0 Å². The number of carbonyl (C=O) groups excluding carboxylic acids is 1. The SMILES string of the molecule is COc1cccc2c1cc(C(=O)NCC(=O)O)n2C. The summed E-state index contributed by atoms with van der Waals surface area (Å²) in [6, 6.07) is 7.19. The monoisotopic (exact) mass is 262 g/mol. The number of hydrogen-bond donors (Lipinski definition) is 2. The fraction of sp³-hybridized carbons (Fsp3) is 0.231. The van der Waals surface area contributed by atoms with Crippen molar-refractivity contribution in [3.05, 3.63) is 30.0 Å². The molecule has 0 saturated carbocycles. The van der Waals surface area contributed by atoms with Crippen LogP contribution in [0.15, 0.2) is 24.3 Å². The third kappa shape index (κ3) is 2.37. The molecule has 0 fully saturated rings. The standard InChI is InChI=1S/C13H14N2O4/c1-15-9-4-3-5-11(19-2)8(9)6-10(15)13(18)14-7-12(16)17/h3-6H,7H2,1-2H3,(H,14,18)(H,16,17). The van der Waals surface area contributed by atoms with E-state index in [1.165, 1.54) is 0 Å². The van der Waals surface area contributed by atoms with Gasteiger partial charge in [0.05, 0.1) is 12.6 Å². The first-order valence-electron chi connectivity index (χ1n) is 5.67. The number of amides is 1. The van der Waals surface area contributed by atoms with E-state index in [9.17, 15) is 9.59 Å². The van der Waals surface area contributed by atoms with Crippen LogP contribution in [-0.2, 0) is 11.8 Å². The summed E-state index contributed by atoms with van der Waals surface area (Å²) in [7, 11) is 3.31. The molecule has 6 nitrogen and oxygen atoms in total. The minimum atomic E-state index is -1.08. The van der Waals surface area contributed by atoms with Crippen molar-refractivity contribution in [2.75, 3.05) is 13.7 Å². The zero-order chi connectivity index (χ0) is 14.0. The zero-order valence-corrected chi connectivity index (χ0v) is 10.6. The molecule has 0 aliphatic carbocycles. The number of fused-ring (bicyclic) bond motifs is 1. The van der Waals surface area contributed by atoms with Gasteiger partial charge in [-0.2, -0.15) is 0 Å². The number of nitrogens with one attached hydrogen (secondary N) is 1. The van der Waals surface area contributed by atoms with Crippen LogP contribution in [0.4, 0.5) is 0 Å². The number of carbonyl (C=O) groups is 2. The highest BCUT2D eigenvalue weighted by Gasteiger charge is 2.15. The molecule has 1 aromatic heterocycles. The van der Waals surface area contributed by atoms with Crippen molar-refractivity contribution in [1.29, 1.82) is 0 Å². The lowest BCUT2D eigenvalue weighted by molar-refractivity contribution is -0.135. The number of aromatic nitrogens is 1. The van der Waals surface area contributed by atoms with Gasteiger partial charge in [0, 0.05) is 12.4 Å². The third-order valence-electron chi connectivity index (χ3n) is 2.90. The lowest BCUT2D eigenvalue weighted by Gasteiger charge is -2.04. The Labute approximate surface area is 109 Å². The molecule has 100 valence electrons. The summed E-state index contributed by atoms with van der Waals surface area (Å²) in [5.41, 5.74) is 1.24. The predicted molar refractivity (Wildman–Crippen MR) is 69.4 cm³/mol. The maximum atomic E-state index is 11.9. The number of rotatable bonds is 4. The first-order valence-corrected chi connectivity index (χ1v) is 5.67. The summed E-state index contributed by atoms with van der Waals surface area (Å²) in [4.78, 5) is 22.4. The molecule has 1 aromatic carbocycles. The molecule has 0 atom stereocenters. The highest BCUT2D eigenvalue weighted by molar-refractivity contribution is 6.01. The van der Waals surface area contributed by atoms with Crippen molar-refractivity contribution >= 4 is 22.8 Å². The summed E-state index contributed by atoms with van der Waals surface area (Å²) in [5.74, 6) is -0.835. The Balaban J connectivity index is 2.42. The molecule has 0 aliphatic rings. The fourth-order valence-corrected chi connectivity index (χ4v) is 1.98. The first-order chi connectivity index (χ1) is 9.04. The molecular formula is C13H14N2O4. The van der Waals surface area contributed by atoms with Gasteiger partial charge >= 0.3 is 5.97 Å². The Morgan fingerprint density at radius 2 is 2.16 bits per heavy atom. The van der Waals surface area contributed by atoms with Gasteiger partial charge in [-0.25, -0.2) is 0 Å². The van der Waals surface area contributed by atoms with Crippen molar-refractivity contribution in [3.8, 4) is 5.75 Å². The van der Waals surface area contributed by atoms with Gasteiger partial charge in [0.15, 0.2) is 0 Å². The smallest absolute Gasteiger partial charge is 0.322 e. The van der Waals surface area contributed by atoms with E-state index in [0.29, 0.717) is 11.4 Å². The average molecular weight is 262 g/mol. The van der Waals surface area contributed by atoms with Gasteiger partial charge in [-0.1, -0.05) is 6.07 Å². The van der Waals surface area contributed by atoms with Gasteiger partial charge in [0.25, 0.3) is 5.91 Å². The number of benzene rings is 1. The molecule has 1 heterocycles. The molecule has 2 N–H and O–H groups in total. The minimum absolute atomic E-state index is 0.390. The number of aryl methyl sites for hydroxylation is 1. The van der Waals surface area contributed by atoms with E-state index in [1.807, 2.05) is 12.1 Å². The van der Waals surface area contributed by atoms with Gasteiger partial charge in [-0.3, -0.25) is 9.59 Å². The van der Waals surface area contributed by atoms with Gasteiger partial charge < -0.3 is 19.7 Å².